The summed E-state index contributed by atoms with van der Waals surface area (Å²) in [5.41, 5.74) is 3.66. The van der Waals surface area contributed by atoms with Gasteiger partial charge >= 0.3 is 0 Å². The van der Waals surface area contributed by atoms with E-state index in [4.69, 9.17) is 11.6 Å². The third kappa shape index (κ3) is 3.15. The molecule has 0 aliphatic carbocycles. The van der Waals surface area contributed by atoms with Crippen molar-refractivity contribution in [1.29, 1.82) is 0 Å². The van der Waals surface area contributed by atoms with Gasteiger partial charge in [-0.1, -0.05) is 11.6 Å². The number of nitrogens with zero attached hydrogens (tertiary/aromatic N) is 2. The van der Waals surface area contributed by atoms with Crippen molar-refractivity contribution in [1.82, 2.24) is 10.4 Å². The lowest BCUT2D eigenvalue weighted by Crippen LogP contribution is -2.19. The number of nitrogens with one attached hydrogen (secondary N) is 1. The van der Waals surface area contributed by atoms with Gasteiger partial charge in [-0.05, 0) is 31.2 Å². The Morgan fingerprint density at radius 3 is 2.89 bits per heavy atom. The van der Waals surface area contributed by atoms with Crippen LogP contribution in [-0.4, -0.2) is 16.6 Å². The monoisotopic (exact) mass is 279 g/mol. The molecule has 92 valence electrons. The number of halogens is 1. The van der Waals surface area contributed by atoms with E-state index in [-0.39, 0.29) is 5.91 Å². The molecule has 0 unspecified atom stereocenters. The zero-order valence-corrected chi connectivity index (χ0v) is 11.1. The molecule has 18 heavy (non-hydrogen) atoms. The number of rotatable bonds is 3. The van der Waals surface area contributed by atoms with Gasteiger partial charge in [-0.2, -0.15) is 5.10 Å². The largest absolute Gasteiger partial charge is 0.272 e. The van der Waals surface area contributed by atoms with Gasteiger partial charge in [-0.3, -0.25) is 9.78 Å². The third-order valence-corrected chi connectivity index (χ3v) is 3.52. The van der Waals surface area contributed by atoms with E-state index >= 15 is 0 Å². The van der Waals surface area contributed by atoms with Crippen LogP contribution < -0.4 is 5.43 Å². The highest BCUT2D eigenvalue weighted by atomic mass is 35.5. The van der Waals surface area contributed by atoms with Crippen LogP contribution in [0.15, 0.2) is 41.8 Å². The van der Waals surface area contributed by atoms with Crippen molar-refractivity contribution in [3.8, 4) is 0 Å². The molecule has 0 spiro atoms. The SMILES string of the molecule is C/C(=N/NC(=O)c1cccnc1)c1ccc(Cl)s1. The molecule has 2 heterocycles. The van der Waals surface area contributed by atoms with Crippen LogP contribution in [0.3, 0.4) is 0 Å². The number of thiophene rings is 1. The van der Waals surface area contributed by atoms with Gasteiger partial charge in [0.15, 0.2) is 0 Å². The first-order valence-electron chi connectivity index (χ1n) is 5.17. The van der Waals surface area contributed by atoms with Crippen LogP contribution in [0.5, 0.6) is 0 Å². The fourth-order valence-corrected chi connectivity index (χ4v) is 2.25. The summed E-state index contributed by atoms with van der Waals surface area (Å²) in [5, 5.41) is 4.03. The summed E-state index contributed by atoms with van der Waals surface area (Å²) in [6, 6.07) is 7.03. The summed E-state index contributed by atoms with van der Waals surface area (Å²) in [6.45, 7) is 1.81. The average molecular weight is 280 g/mol. The van der Waals surface area contributed by atoms with Crippen LogP contribution in [0.25, 0.3) is 0 Å². The van der Waals surface area contributed by atoms with E-state index in [1.807, 2.05) is 13.0 Å². The molecular weight excluding hydrogens is 270 g/mol. The number of hydrogen-bond donors (Lipinski definition) is 1. The molecule has 4 nitrogen and oxygen atoms in total. The van der Waals surface area contributed by atoms with Gasteiger partial charge in [0.1, 0.15) is 0 Å². The Balaban J connectivity index is 2.05. The van der Waals surface area contributed by atoms with E-state index in [1.54, 1.807) is 24.4 Å². The smallest absolute Gasteiger partial charge is 0.267 e. The fourth-order valence-electron chi connectivity index (χ4n) is 1.26. The summed E-state index contributed by atoms with van der Waals surface area (Å²) < 4.78 is 0.693. The summed E-state index contributed by atoms with van der Waals surface area (Å²) >= 11 is 7.25. The molecule has 6 heteroatoms. The molecular formula is C12H10ClN3OS. The lowest BCUT2D eigenvalue weighted by atomic mass is 10.3. The van der Waals surface area contributed by atoms with Gasteiger partial charge in [0.25, 0.3) is 5.91 Å². The fraction of sp³-hybridized carbons (Fsp3) is 0.0833. The number of hydrazone groups is 1. The molecule has 0 aromatic carbocycles. The second-order valence-electron chi connectivity index (χ2n) is 3.48. The number of aromatic nitrogens is 1. The molecule has 0 aliphatic heterocycles. The predicted molar refractivity (Wildman–Crippen MR) is 73.2 cm³/mol. The van der Waals surface area contributed by atoms with Crippen molar-refractivity contribution in [3.05, 3.63) is 51.4 Å². The third-order valence-electron chi connectivity index (χ3n) is 2.18. The van der Waals surface area contributed by atoms with Crippen molar-refractivity contribution < 1.29 is 4.79 Å². The Hall–Kier alpha value is -1.72. The second-order valence-corrected chi connectivity index (χ2v) is 5.20. The molecule has 0 fully saturated rings. The van der Waals surface area contributed by atoms with E-state index in [0.29, 0.717) is 15.6 Å². The number of hydrogen-bond acceptors (Lipinski definition) is 4. The molecule has 2 aromatic heterocycles. The highest BCUT2D eigenvalue weighted by Gasteiger charge is 2.05. The minimum Gasteiger partial charge on any atom is -0.267 e. The van der Waals surface area contributed by atoms with Crippen LogP contribution >= 0.6 is 22.9 Å². The normalized spacial score (nSPS) is 11.3. The number of carbonyl (C=O) groups excluding carboxylic acids is 1. The van der Waals surface area contributed by atoms with E-state index in [0.717, 1.165) is 4.88 Å². The highest BCUT2D eigenvalue weighted by Crippen LogP contribution is 2.21. The topological polar surface area (TPSA) is 54.4 Å². The molecule has 0 saturated carbocycles. The van der Waals surface area contributed by atoms with E-state index < -0.39 is 0 Å². The molecule has 1 N–H and O–H groups in total. The zero-order valence-electron chi connectivity index (χ0n) is 9.55. The van der Waals surface area contributed by atoms with Crippen molar-refractivity contribution in [2.24, 2.45) is 5.10 Å². The minimum absolute atomic E-state index is 0.287. The van der Waals surface area contributed by atoms with Crippen LogP contribution in [0.2, 0.25) is 4.34 Å². The maximum absolute atomic E-state index is 11.7. The summed E-state index contributed by atoms with van der Waals surface area (Å²) in [4.78, 5) is 16.5. The Kier molecular flexibility index (Phi) is 4.07. The maximum Gasteiger partial charge on any atom is 0.272 e. The van der Waals surface area contributed by atoms with E-state index in [1.165, 1.54) is 17.5 Å². The van der Waals surface area contributed by atoms with Gasteiger partial charge in [0, 0.05) is 12.4 Å². The maximum atomic E-state index is 11.7. The minimum atomic E-state index is -0.287. The zero-order chi connectivity index (χ0) is 13.0. The lowest BCUT2D eigenvalue weighted by Gasteiger charge is -2.00. The molecule has 0 atom stereocenters. The summed E-state index contributed by atoms with van der Waals surface area (Å²) in [6.07, 6.45) is 3.10. The standard InChI is InChI=1S/C12H10ClN3OS/c1-8(10-4-5-11(13)18-10)15-16-12(17)9-3-2-6-14-7-9/h2-7H,1H3,(H,16,17)/b15-8-. The first-order valence-corrected chi connectivity index (χ1v) is 6.36. The van der Waals surface area contributed by atoms with Crippen LogP contribution in [0.4, 0.5) is 0 Å². The first-order chi connectivity index (χ1) is 8.66. The lowest BCUT2D eigenvalue weighted by molar-refractivity contribution is 0.0954. The summed E-state index contributed by atoms with van der Waals surface area (Å²) in [5.74, 6) is -0.287. The molecule has 0 radical (unpaired) electrons. The van der Waals surface area contributed by atoms with Gasteiger partial charge in [0.05, 0.1) is 20.5 Å². The van der Waals surface area contributed by atoms with Crippen LogP contribution in [0, 0.1) is 0 Å². The summed E-state index contributed by atoms with van der Waals surface area (Å²) in [7, 11) is 0. The van der Waals surface area contributed by atoms with Crippen molar-refractivity contribution >= 4 is 34.6 Å². The second kappa shape index (κ2) is 5.75. The van der Waals surface area contributed by atoms with Gasteiger partial charge in [0.2, 0.25) is 0 Å². The van der Waals surface area contributed by atoms with Gasteiger partial charge in [-0.25, -0.2) is 5.43 Å². The van der Waals surface area contributed by atoms with Crippen LogP contribution in [-0.2, 0) is 0 Å². The molecule has 0 aliphatic rings. The van der Waals surface area contributed by atoms with Crippen molar-refractivity contribution in [2.45, 2.75) is 6.92 Å². The van der Waals surface area contributed by atoms with Gasteiger partial charge in [-0.15, -0.1) is 11.3 Å². The Morgan fingerprint density at radius 1 is 1.44 bits per heavy atom. The predicted octanol–water partition coefficient (Wildman–Crippen LogP) is 2.95. The van der Waals surface area contributed by atoms with E-state index in [9.17, 15) is 4.79 Å². The highest BCUT2D eigenvalue weighted by molar-refractivity contribution is 7.18. The van der Waals surface area contributed by atoms with Crippen molar-refractivity contribution in [2.75, 3.05) is 0 Å². The Morgan fingerprint density at radius 2 is 2.28 bits per heavy atom. The number of pyridine rings is 1. The molecule has 0 saturated heterocycles. The molecule has 2 rings (SSSR count). The molecule has 2 aromatic rings. The van der Waals surface area contributed by atoms with Crippen LogP contribution in [0.1, 0.15) is 22.2 Å². The number of amides is 1. The Bertz CT molecular complexity index is 580. The molecule has 1 amide bonds. The Labute approximate surface area is 113 Å². The molecule has 0 bridgehead atoms. The first kappa shape index (κ1) is 12.7. The van der Waals surface area contributed by atoms with E-state index in [2.05, 4.69) is 15.5 Å². The number of carbonyl (C=O) groups is 1. The van der Waals surface area contributed by atoms with Gasteiger partial charge < -0.3 is 0 Å². The van der Waals surface area contributed by atoms with Crippen molar-refractivity contribution in [3.63, 3.8) is 0 Å². The quantitative estimate of drug-likeness (QED) is 0.694. The average Bonchev–Trinajstić information content (AvgIpc) is 2.83.